The number of thiophene rings is 1. The van der Waals surface area contributed by atoms with E-state index in [9.17, 15) is 8.42 Å². The second kappa shape index (κ2) is 9.27. The molecular weight excluding hydrogens is 426 g/mol. The first kappa shape index (κ1) is 19.8. The summed E-state index contributed by atoms with van der Waals surface area (Å²) >= 11 is 5.12. The fourth-order valence-electron chi connectivity index (χ4n) is 2.08. The Morgan fingerprint density at radius 2 is 2.16 bits per heavy atom. The van der Waals surface area contributed by atoms with Crippen molar-refractivity contribution in [2.24, 2.45) is 4.99 Å². The number of rotatable bonds is 7. The van der Waals surface area contributed by atoms with Gasteiger partial charge in [0.25, 0.3) is 0 Å². The zero-order chi connectivity index (χ0) is 18.3. The van der Waals surface area contributed by atoms with Gasteiger partial charge < -0.3 is 10.2 Å². The van der Waals surface area contributed by atoms with Crippen molar-refractivity contribution < 1.29 is 8.42 Å². The van der Waals surface area contributed by atoms with E-state index in [1.807, 2.05) is 18.0 Å². The first-order chi connectivity index (χ1) is 11.9. The number of halogens is 1. The van der Waals surface area contributed by atoms with Crippen molar-refractivity contribution in [3.8, 4) is 0 Å². The van der Waals surface area contributed by atoms with E-state index in [1.165, 1.54) is 23.3 Å². The van der Waals surface area contributed by atoms with Crippen LogP contribution in [0.2, 0.25) is 0 Å². The number of nitrogens with zero attached hydrogens (tertiary/aromatic N) is 3. The molecule has 0 atom stereocenters. The number of pyridine rings is 1. The lowest BCUT2D eigenvalue weighted by molar-refractivity contribution is 0.481. The Labute approximate surface area is 160 Å². The highest BCUT2D eigenvalue weighted by atomic mass is 79.9. The Hall–Kier alpha value is -1.49. The van der Waals surface area contributed by atoms with Crippen LogP contribution in [-0.2, 0) is 16.6 Å². The molecule has 25 heavy (non-hydrogen) atoms. The lowest BCUT2D eigenvalue weighted by atomic mass is 10.4. The zero-order valence-corrected chi connectivity index (χ0v) is 17.2. The van der Waals surface area contributed by atoms with Gasteiger partial charge in [-0.05, 0) is 40.2 Å². The molecule has 136 valence electrons. The van der Waals surface area contributed by atoms with E-state index in [0.717, 1.165) is 10.3 Å². The van der Waals surface area contributed by atoms with Crippen molar-refractivity contribution in [2.45, 2.75) is 11.4 Å². The number of sulfonamides is 1. The third-order valence-corrected chi connectivity index (χ3v) is 6.29. The summed E-state index contributed by atoms with van der Waals surface area (Å²) in [5.74, 6) is 0.699. The van der Waals surface area contributed by atoms with Crippen molar-refractivity contribution in [3.63, 3.8) is 0 Å². The first-order valence-electron chi connectivity index (χ1n) is 7.48. The molecule has 0 aliphatic carbocycles. The summed E-state index contributed by atoms with van der Waals surface area (Å²) in [6.45, 7) is 1.39. The highest BCUT2D eigenvalue weighted by Crippen LogP contribution is 2.22. The van der Waals surface area contributed by atoms with Gasteiger partial charge in [0, 0.05) is 44.5 Å². The minimum Gasteiger partial charge on any atom is -0.355 e. The normalized spacial score (nSPS) is 12.2. The van der Waals surface area contributed by atoms with Gasteiger partial charge in [-0.2, -0.15) is 0 Å². The fourth-order valence-corrected chi connectivity index (χ4v) is 4.61. The van der Waals surface area contributed by atoms with Crippen LogP contribution in [-0.4, -0.2) is 51.4 Å². The third kappa shape index (κ3) is 6.07. The summed E-state index contributed by atoms with van der Waals surface area (Å²) in [6, 6.07) is 7.17. The van der Waals surface area contributed by atoms with Gasteiger partial charge in [0.1, 0.15) is 4.90 Å². The molecule has 2 N–H and O–H groups in total. The fraction of sp³-hybridized carbons (Fsp3) is 0.333. The van der Waals surface area contributed by atoms with Crippen LogP contribution in [0.3, 0.4) is 0 Å². The van der Waals surface area contributed by atoms with Crippen LogP contribution in [0, 0.1) is 0 Å². The maximum atomic E-state index is 12.1. The van der Waals surface area contributed by atoms with E-state index < -0.39 is 10.0 Å². The predicted octanol–water partition coefficient (Wildman–Crippen LogP) is 1.89. The summed E-state index contributed by atoms with van der Waals surface area (Å²) in [5.41, 5.74) is 0. The molecule has 2 heterocycles. The smallest absolute Gasteiger partial charge is 0.242 e. The number of hydrogen-bond acceptors (Lipinski definition) is 5. The molecule has 0 spiro atoms. The lowest BCUT2D eigenvalue weighted by Crippen LogP contribution is -2.42. The Kier molecular flexibility index (Phi) is 7.36. The van der Waals surface area contributed by atoms with E-state index in [4.69, 9.17) is 0 Å². The Bertz CT molecular complexity index is 808. The van der Waals surface area contributed by atoms with Crippen molar-refractivity contribution in [1.82, 2.24) is 19.9 Å². The van der Waals surface area contributed by atoms with Crippen LogP contribution in [0.15, 0.2) is 50.3 Å². The number of aliphatic imine (C=N–C) groups is 1. The third-order valence-electron chi connectivity index (χ3n) is 3.24. The van der Waals surface area contributed by atoms with E-state index in [2.05, 4.69) is 42.0 Å². The SMILES string of the molecule is CN=C(NCCNS(=O)(=O)c1cccnc1)N(C)Cc1ccc(Br)s1. The van der Waals surface area contributed by atoms with Crippen LogP contribution in [0.25, 0.3) is 0 Å². The lowest BCUT2D eigenvalue weighted by Gasteiger charge is -2.21. The van der Waals surface area contributed by atoms with Crippen molar-refractivity contribution in [1.29, 1.82) is 0 Å². The van der Waals surface area contributed by atoms with E-state index in [-0.39, 0.29) is 11.4 Å². The van der Waals surface area contributed by atoms with Gasteiger partial charge in [0.15, 0.2) is 5.96 Å². The summed E-state index contributed by atoms with van der Waals surface area (Å²) in [5, 5.41) is 3.15. The molecule has 2 aromatic rings. The Morgan fingerprint density at radius 3 is 2.76 bits per heavy atom. The van der Waals surface area contributed by atoms with Crippen LogP contribution in [0.1, 0.15) is 4.88 Å². The molecule has 0 amide bonds. The van der Waals surface area contributed by atoms with Crippen molar-refractivity contribution in [3.05, 3.63) is 45.3 Å². The molecular formula is C15H20BrN5O2S2. The summed E-state index contributed by atoms with van der Waals surface area (Å²) in [6.07, 6.45) is 2.86. The Morgan fingerprint density at radius 1 is 1.36 bits per heavy atom. The van der Waals surface area contributed by atoms with Gasteiger partial charge in [-0.15, -0.1) is 11.3 Å². The average Bonchev–Trinajstić information content (AvgIpc) is 3.00. The predicted molar refractivity (Wildman–Crippen MR) is 104 cm³/mol. The van der Waals surface area contributed by atoms with Crippen molar-refractivity contribution >= 4 is 43.2 Å². The minimum atomic E-state index is -3.54. The molecule has 0 bridgehead atoms. The van der Waals surface area contributed by atoms with Gasteiger partial charge in [-0.25, -0.2) is 13.1 Å². The maximum Gasteiger partial charge on any atom is 0.242 e. The number of aromatic nitrogens is 1. The van der Waals surface area contributed by atoms with Gasteiger partial charge in [-0.3, -0.25) is 9.98 Å². The molecule has 10 heteroatoms. The quantitative estimate of drug-likeness (QED) is 0.386. The summed E-state index contributed by atoms with van der Waals surface area (Å²) in [7, 11) is 0.0902. The van der Waals surface area contributed by atoms with Crippen LogP contribution in [0.4, 0.5) is 0 Å². The Balaban J connectivity index is 1.81. The molecule has 0 unspecified atom stereocenters. The topological polar surface area (TPSA) is 86.7 Å². The van der Waals surface area contributed by atoms with Crippen molar-refractivity contribution in [2.75, 3.05) is 27.2 Å². The molecule has 0 aliphatic heterocycles. The monoisotopic (exact) mass is 445 g/mol. The zero-order valence-electron chi connectivity index (χ0n) is 13.9. The molecule has 2 aromatic heterocycles. The van der Waals surface area contributed by atoms with Gasteiger partial charge in [0.05, 0.1) is 10.3 Å². The average molecular weight is 446 g/mol. The molecule has 0 saturated carbocycles. The summed E-state index contributed by atoms with van der Waals surface area (Å²) in [4.78, 5) is 11.4. The highest BCUT2D eigenvalue weighted by molar-refractivity contribution is 9.11. The van der Waals surface area contributed by atoms with Gasteiger partial charge in [0.2, 0.25) is 10.0 Å². The van der Waals surface area contributed by atoms with Crippen LogP contribution in [0.5, 0.6) is 0 Å². The van der Waals surface area contributed by atoms with Gasteiger partial charge >= 0.3 is 0 Å². The summed E-state index contributed by atoms with van der Waals surface area (Å²) < 4.78 is 27.8. The molecule has 0 saturated heterocycles. The maximum absolute atomic E-state index is 12.1. The second-order valence-electron chi connectivity index (χ2n) is 5.12. The van der Waals surface area contributed by atoms with Crippen LogP contribution < -0.4 is 10.0 Å². The molecule has 0 fully saturated rings. The molecule has 7 nitrogen and oxygen atoms in total. The van der Waals surface area contributed by atoms with E-state index in [1.54, 1.807) is 24.5 Å². The van der Waals surface area contributed by atoms with E-state index >= 15 is 0 Å². The molecule has 0 radical (unpaired) electrons. The number of nitrogens with one attached hydrogen (secondary N) is 2. The first-order valence-corrected chi connectivity index (χ1v) is 10.6. The van der Waals surface area contributed by atoms with E-state index in [0.29, 0.717) is 12.5 Å². The van der Waals surface area contributed by atoms with Crippen LogP contribution >= 0.6 is 27.3 Å². The highest BCUT2D eigenvalue weighted by Gasteiger charge is 2.13. The minimum absolute atomic E-state index is 0.153. The number of guanidine groups is 1. The largest absolute Gasteiger partial charge is 0.355 e. The second-order valence-corrected chi connectivity index (χ2v) is 9.44. The molecule has 0 aromatic carbocycles. The number of hydrogen-bond donors (Lipinski definition) is 2. The van der Waals surface area contributed by atoms with Gasteiger partial charge in [-0.1, -0.05) is 0 Å². The molecule has 0 aliphatic rings. The molecule has 2 rings (SSSR count). The standard InChI is InChI=1S/C15H20BrN5O2S2/c1-17-15(21(2)11-12-5-6-14(16)24-12)19-8-9-20-25(22,23)13-4-3-7-18-10-13/h3-7,10,20H,8-9,11H2,1-2H3,(H,17,19).